The number of aliphatic hydroxyl groups is 6. The molecular weight excluding hydrogens is 736 g/mol. The van der Waals surface area contributed by atoms with Crippen LogP contribution in [0.15, 0.2) is 70.0 Å². The zero-order chi connectivity index (χ0) is 39.7. The number of phenols is 3. The molecule has 2 fully saturated rings. The lowest BCUT2D eigenvalue weighted by molar-refractivity contribution is -0.321. The van der Waals surface area contributed by atoms with Crippen molar-refractivity contribution < 1.29 is 84.0 Å². The lowest BCUT2D eigenvalue weighted by Crippen LogP contribution is -2.68. The number of carbonyl (C=O) groups is 2. The highest BCUT2D eigenvalue weighted by atomic mass is 16.8. The first-order valence-corrected chi connectivity index (χ1v) is 16.3. The van der Waals surface area contributed by atoms with Gasteiger partial charge in [-0.05, 0) is 35.9 Å². The summed E-state index contributed by atoms with van der Waals surface area (Å²) in [5.74, 6) is -9.16. The van der Waals surface area contributed by atoms with Gasteiger partial charge in [-0.3, -0.25) is 4.79 Å². The van der Waals surface area contributed by atoms with Gasteiger partial charge in [0.25, 0.3) is 5.79 Å². The van der Waals surface area contributed by atoms with Crippen LogP contribution >= 0.6 is 0 Å². The molecule has 0 aliphatic carbocycles. The topological polar surface area (TPSA) is 342 Å². The molecular formula is C35H32N2O18. The van der Waals surface area contributed by atoms with Crippen LogP contribution in [0.1, 0.15) is 17.0 Å². The van der Waals surface area contributed by atoms with Crippen molar-refractivity contribution in [2.24, 2.45) is 0 Å². The second-order valence-corrected chi connectivity index (χ2v) is 13.0. The van der Waals surface area contributed by atoms with Crippen molar-refractivity contribution in [1.82, 2.24) is 4.98 Å². The van der Waals surface area contributed by atoms with E-state index >= 15 is 0 Å². The number of aliphatic hydroxyl groups excluding tert-OH is 6. The minimum Gasteiger partial charge on any atom is -0.507 e. The van der Waals surface area contributed by atoms with Crippen molar-refractivity contribution in [2.45, 2.75) is 66.8 Å². The van der Waals surface area contributed by atoms with Gasteiger partial charge in [0.05, 0.1) is 0 Å². The number of carboxylic acids is 1. The largest absolute Gasteiger partial charge is 0.507 e. The number of allylic oxidation sites excluding steroid dienone is 1. The molecule has 2 saturated heterocycles. The van der Waals surface area contributed by atoms with E-state index in [-0.39, 0.29) is 39.4 Å². The second-order valence-electron chi connectivity index (χ2n) is 13.0. The van der Waals surface area contributed by atoms with E-state index in [0.29, 0.717) is 5.56 Å². The number of phenolic OH excluding ortho intramolecular Hbond substituents is 3. The molecule has 7 rings (SSSR count). The predicted molar refractivity (Wildman–Crippen MR) is 179 cm³/mol. The minimum atomic E-state index is -2.64. The van der Waals surface area contributed by atoms with Crippen molar-refractivity contribution in [3.05, 3.63) is 82.2 Å². The van der Waals surface area contributed by atoms with Gasteiger partial charge >= 0.3 is 11.9 Å². The van der Waals surface area contributed by atoms with Gasteiger partial charge in [-0.15, -0.1) is 0 Å². The number of aromatic hydroxyl groups is 3. The average Bonchev–Trinajstić information content (AvgIpc) is 3.31. The number of anilines is 1. The maximum Gasteiger partial charge on any atom is 0.340 e. The molecule has 2 aromatic carbocycles. The van der Waals surface area contributed by atoms with Crippen LogP contribution in [0.3, 0.4) is 0 Å². The molecule has 3 aliphatic heterocycles. The summed E-state index contributed by atoms with van der Waals surface area (Å²) in [6, 6.07) is 8.71. The van der Waals surface area contributed by atoms with Gasteiger partial charge in [-0.1, -0.05) is 12.1 Å². The van der Waals surface area contributed by atoms with Crippen LogP contribution in [0.25, 0.3) is 22.3 Å². The predicted octanol–water partition coefficient (Wildman–Crippen LogP) is -1.75. The first-order chi connectivity index (χ1) is 26.0. The summed E-state index contributed by atoms with van der Waals surface area (Å²) >= 11 is 0. The quantitative estimate of drug-likeness (QED) is 0.0609. The van der Waals surface area contributed by atoms with Crippen molar-refractivity contribution in [3.63, 3.8) is 0 Å². The summed E-state index contributed by atoms with van der Waals surface area (Å²) in [5.41, 5.74) is 5.07. The SMILES string of the molecule is Nc1ccc([C@H]2C=C[C@]3(Oc4cc5oc(-c6ccc(O)c(O)c6)cc(=O)c5c(O)c42)O[C@H](C(=O)O[C@@H]2O[C@H](C(=O)O)[C@@H](O)[C@H](O)[C@H]2O)[C@@H](O)[C@H](O)[C@H]3O)cn1. The zero-order valence-electron chi connectivity index (χ0n) is 27.8. The number of carboxylic acid groups (broad SMARTS) is 1. The monoisotopic (exact) mass is 768 g/mol. The first-order valence-electron chi connectivity index (χ1n) is 16.3. The summed E-state index contributed by atoms with van der Waals surface area (Å²) < 4.78 is 28.0. The average molecular weight is 769 g/mol. The molecule has 3 aliphatic rings. The van der Waals surface area contributed by atoms with Crippen LogP contribution in [0, 0.1) is 0 Å². The molecule has 20 heteroatoms. The molecule has 20 nitrogen and oxygen atoms in total. The number of aliphatic carboxylic acids is 1. The lowest BCUT2D eigenvalue weighted by atomic mass is 9.88. The highest BCUT2D eigenvalue weighted by molar-refractivity contribution is 5.89. The Bertz CT molecular complexity index is 2260. The van der Waals surface area contributed by atoms with E-state index in [1.807, 2.05) is 0 Å². The number of fused-ring (bicyclic) bond motifs is 2. The zero-order valence-corrected chi connectivity index (χ0v) is 27.8. The lowest BCUT2D eigenvalue weighted by Gasteiger charge is -2.46. The highest BCUT2D eigenvalue weighted by Crippen LogP contribution is 2.49. The van der Waals surface area contributed by atoms with Crippen molar-refractivity contribution in [2.75, 3.05) is 5.73 Å². The number of hydrogen-bond acceptors (Lipinski definition) is 19. The summed E-state index contributed by atoms with van der Waals surface area (Å²) in [6.07, 6.45) is -16.3. The fourth-order valence-electron chi connectivity index (χ4n) is 6.59. The molecule has 0 bridgehead atoms. The second kappa shape index (κ2) is 13.8. The fraction of sp³-hybridized carbons (Fsp3) is 0.314. The molecule has 0 radical (unpaired) electrons. The number of nitrogen functional groups attached to an aromatic ring is 1. The van der Waals surface area contributed by atoms with Gasteiger partial charge in [0.1, 0.15) is 64.6 Å². The van der Waals surface area contributed by atoms with E-state index in [1.165, 1.54) is 30.5 Å². The standard InChI is InChI=1S/C35H32N2O18/c36-20-4-2-12(10-37-20)13-5-6-35(31(47)27(45)26(44)30(55-35)33(50)53-34-28(46)24(42)25(43)29(52-34)32(48)49)54-19-9-18-22(23(41)21(13)19)16(40)8-17(51-18)11-1-3-14(38)15(39)7-11/h1-10,13,24-31,34,38-39,41-47H,(H2,36,37)(H,48,49)/t13-,24+,25+,26+,27+,28-,29+,30+,31-,34+,35+/m1/s1. The van der Waals surface area contributed by atoms with Crippen LogP contribution in [-0.4, -0.2) is 129 Å². The molecule has 1 spiro atoms. The van der Waals surface area contributed by atoms with Gasteiger partial charge in [0.15, 0.2) is 35.2 Å². The molecule has 2 aromatic heterocycles. The molecule has 290 valence electrons. The van der Waals surface area contributed by atoms with Gasteiger partial charge < -0.3 is 80.2 Å². The Balaban J connectivity index is 1.33. The van der Waals surface area contributed by atoms with E-state index in [0.717, 1.165) is 30.3 Å². The molecule has 11 atom stereocenters. The maximum absolute atomic E-state index is 13.5. The number of rotatable bonds is 5. The van der Waals surface area contributed by atoms with Crippen molar-refractivity contribution in [1.29, 1.82) is 0 Å². The summed E-state index contributed by atoms with van der Waals surface area (Å²) in [7, 11) is 0. The third-order valence-corrected chi connectivity index (χ3v) is 9.51. The Kier molecular flexibility index (Phi) is 9.39. The Morgan fingerprint density at radius 1 is 0.855 bits per heavy atom. The number of hydrogen-bond donors (Lipinski definition) is 11. The van der Waals surface area contributed by atoms with Gasteiger partial charge in [0, 0.05) is 35.4 Å². The third-order valence-electron chi connectivity index (χ3n) is 9.51. The number of ether oxygens (including phenoxy) is 4. The van der Waals surface area contributed by atoms with E-state index in [2.05, 4.69) is 4.98 Å². The van der Waals surface area contributed by atoms with Crippen LogP contribution in [0.4, 0.5) is 5.82 Å². The maximum atomic E-state index is 13.5. The first kappa shape index (κ1) is 37.5. The Morgan fingerprint density at radius 3 is 2.25 bits per heavy atom. The number of benzene rings is 2. The van der Waals surface area contributed by atoms with Crippen LogP contribution < -0.4 is 15.9 Å². The van der Waals surface area contributed by atoms with E-state index in [9.17, 15) is 65.4 Å². The summed E-state index contributed by atoms with van der Waals surface area (Å²) in [5, 5.41) is 104. The molecule has 0 saturated carbocycles. The van der Waals surface area contributed by atoms with Crippen LogP contribution in [-0.2, 0) is 23.8 Å². The van der Waals surface area contributed by atoms with E-state index in [1.54, 1.807) is 0 Å². The number of nitrogens with zero attached hydrogens (tertiary/aromatic N) is 1. The number of carbonyl (C=O) groups excluding carboxylic acids is 1. The minimum absolute atomic E-state index is 0.124. The number of esters is 1. The van der Waals surface area contributed by atoms with Crippen LogP contribution in [0.5, 0.6) is 23.0 Å². The Hall–Kier alpha value is -5.84. The van der Waals surface area contributed by atoms with E-state index < -0.39 is 101 Å². The van der Waals surface area contributed by atoms with Crippen molar-refractivity contribution >= 4 is 28.7 Å². The van der Waals surface area contributed by atoms with Gasteiger partial charge in [-0.2, -0.15) is 0 Å². The summed E-state index contributed by atoms with van der Waals surface area (Å²) in [6.45, 7) is 0. The Morgan fingerprint density at radius 2 is 1.58 bits per heavy atom. The molecule has 4 aromatic rings. The fourth-order valence-corrected chi connectivity index (χ4v) is 6.59. The number of nitrogens with two attached hydrogens (primary N) is 1. The molecule has 55 heavy (non-hydrogen) atoms. The molecule has 0 amide bonds. The van der Waals surface area contributed by atoms with E-state index in [4.69, 9.17) is 29.1 Å². The van der Waals surface area contributed by atoms with Gasteiger partial charge in [-0.25, -0.2) is 14.6 Å². The van der Waals surface area contributed by atoms with Crippen LogP contribution in [0.2, 0.25) is 0 Å². The summed E-state index contributed by atoms with van der Waals surface area (Å²) in [4.78, 5) is 42.7. The van der Waals surface area contributed by atoms with Crippen molar-refractivity contribution in [3.8, 4) is 34.3 Å². The Labute approximate surface area is 306 Å². The normalized spacial score (nSPS) is 31.7. The number of pyridine rings is 1. The third kappa shape index (κ3) is 6.35. The molecule has 5 heterocycles. The number of aromatic nitrogens is 1. The van der Waals surface area contributed by atoms with Gasteiger partial charge in [0.2, 0.25) is 6.29 Å². The smallest absolute Gasteiger partial charge is 0.340 e. The molecule has 0 unspecified atom stereocenters. The highest BCUT2D eigenvalue weighted by Gasteiger charge is 2.59. The molecule has 12 N–H and O–H groups in total.